The maximum absolute atomic E-state index is 12.0. The summed E-state index contributed by atoms with van der Waals surface area (Å²) in [6, 6.07) is 4.92. The van der Waals surface area contributed by atoms with E-state index in [1.165, 1.54) is 14.0 Å². The number of hydrogen-bond acceptors (Lipinski definition) is 4. The minimum absolute atomic E-state index is 0.180. The Morgan fingerprint density at radius 1 is 1.30 bits per heavy atom. The molecule has 1 rings (SSSR count). The summed E-state index contributed by atoms with van der Waals surface area (Å²) in [5.74, 6) is 0.125. The van der Waals surface area contributed by atoms with Crippen molar-refractivity contribution in [3.05, 3.63) is 23.8 Å². The zero-order valence-electron chi connectivity index (χ0n) is 12.3. The Hall–Kier alpha value is -2.08. The van der Waals surface area contributed by atoms with Gasteiger partial charge in [-0.25, -0.2) is 0 Å². The maximum Gasteiger partial charge on any atom is 0.251 e. The topological polar surface area (TPSA) is 70.7 Å². The number of carbonyl (C=O) groups excluding carboxylic acids is 2. The third kappa shape index (κ3) is 4.89. The second-order valence-corrected chi connectivity index (χ2v) is 4.66. The van der Waals surface area contributed by atoms with Crippen LogP contribution in [0.15, 0.2) is 18.2 Å². The highest BCUT2D eigenvalue weighted by Crippen LogP contribution is 2.25. The molecule has 1 aromatic rings. The standard InChI is InChI=1S/C14H21N3O3/c1-10(18)16-12-9-11(5-6-13(12)20-4)14(19)15-7-8-17(2)3/h5-6,9H,7-8H2,1-4H3,(H,15,19)(H,16,18). The molecule has 1 aromatic carbocycles. The van der Waals surface area contributed by atoms with Crippen LogP contribution in [0.4, 0.5) is 5.69 Å². The number of carbonyl (C=O) groups is 2. The van der Waals surface area contributed by atoms with Crippen LogP contribution in [0.3, 0.4) is 0 Å². The van der Waals surface area contributed by atoms with Crippen molar-refractivity contribution in [1.82, 2.24) is 10.2 Å². The molecule has 2 amide bonds. The Kier molecular flexibility index (Phi) is 5.99. The lowest BCUT2D eigenvalue weighted by Gasteiger charge is -2.12. The first kappa shape index (κ1) is 16.0. The Bertz CT molecular complexity index is 487. The Morgan fingerprint density at radius 2 is 2.00 bits per heavy atom. The van der Waals surface area contributed by atoms with E-state index in [9.17, 15) is 9.59 Å². The highest BCUT2D eigenvalue weighted by molar-refractivity contribution is 5.97. The first-order valence-corrected chi connectivity index (χ1v) is 6.32. The number of rotatable bonds is 6. The minimum Gasteiger partial charge on any atom is -0.495 e. The number of methoxy groups -OCH3 is 1. The average Bonchev–Trinajstić information content (AvgIpc) is 2.37. The molecule has 6 heteroatoms. The predicted molar refractivity (Wildman–Crippen MR) is 78.2 cm³/mol. The highest BCUT2D eigenvalue weighted by atomic mass is 16.5. The number of anilines is 1. The summed E-state index contributed by atoms with van der Waals surface area (Å²) in [7, 11) is 5.39. The molecule has 0 radical (unpaired) electrons. The molecule has 0 aliphatic heterocycles. The van der Waals surface area contributed by atoms with Crippen LogP contribution >= 0.6 is 0 Å². The van der Waals surface area contributed by atoms with Crippen molar-refractivity contribution in [2.24, 2.45) is 0 Å². The third-order valence-corrected chi connectivity index (χ3v) is 2.62. The van der Waals surface area contributed by atoms with E-state index in [4.69, 9.17) is 4.74 Å². The molecule has 6 nitrogen and oxygen atoms in total. The summed E-state index contributed by atoms with van der Waals surface area (Å²) >= 11 is 0. The van der Waals surface area contributed by atoms with Crippen molar-refractivity contribution < 1.29 is 14.3 Å². The van der Waals surface area contributed by atoms with Crippen LogP contribution in [0.25, 0.3) is 0 Å². The lowest BCUT2D eigenvalue weighted by Crippen LogP contribution is -2.31. The van der Waals surface area contributed by atoms with Gasteiger partial charge in [-0.3, -0.25) is 9.59 Å². The van der Waals surface area contributed by atoms with E-state index in [1.54, 1.807) is 18.2 Å². The summed E-state index contributed by atoms with van der Waals surface area (Å²) in [5, 5.41) is 5.46. The molecule has 0 spiro atoms. The van der Waals surface area contributed by atoms with Crippen LogP contribution in [0.1, 0.15) is 17.3 Å². The lowest BCUT2D eigenvalue weighted by atomic mass is 10.1. The van der Waals surface area contributed by atoms with E-state index >= 15 is 0 Å². The molecular formula is C14H21N3O3. The summed E-state index contributed by atoms with van der Waals surface area (Å²) < 4.78 is 5.14. The maximum atomic E-state index is 12.0. The van der Waals surface area contributed by atoms with Gasteiger partial charge >= 0.3 is 0 Å². The Morgan fingerprint density at radius 3 is 2.55 bits per heavy atom. The SMILES string of the molecule is COc1ccc(C(=O)NCCN(C)C)cc1NC(C)=O. The van der Waals surface area contributed by atoms with Gasteiger partial charge in [-0.2, -0.15) is 0 Å². The molecule has 0 heterocycles. The Balaban J connectivity index is 2.79. The van der Waals surface area contributed by atoms with E-state index in [2.05, 4.69) is 10.6 Å². The fraction of sp³-hybridized carbons (Fsp3) is 0.429. The van der Waals surface area contributed by atoms with E-state index < -0.39 is 0 Å². The number of nitrogens with one attached hydrogen (secondary N) is 2. The van der Waals surface area contributed by atoms with Crippen molar-refractivity contribution in [3.63, 3.8) is 0 Å². The van der Waals surface area contributed by atoms with Crippen LogP contribution in [0.5, 0.6) is 5.75 Å². The third-order valence-electron chi connectivity index (χ3n) is 2.62. The predicted octanol–water partition coefficient (Wildman–Crippen LogP) is 0.945. The van der Waals surface area contributed by atoms with Gasteiger partial charge in [0.05, 0.1) is 12.8 Å². The molecule has 0 saturated heterocycles. The van der Waals surface area contributed by atoms with Gasteiger partial charge in [0.2, 0.25) is 5.91 Å². The van der Waals surface area contributed by atoms with Gasteiger partial charge in [0, 0.05) is 25.6 Å². The fourth-order valence-corrected chi connectivity index (χ4v) is 1.63. The van der Waals surface area contributed by atoms with Crippen LogP contribution in [0, 0.1) is 0 Å². The number of nitrogens with zero attached hydrogens (tertiary/aromatic N) is 1. The molecule has 0 saturated carbocycles. The van der Waals surface area contributed by atoms with E-state index in [1.807, 2.05) is 19.0 Å². The van der Waals surface area contributed by atoms with E-state index in [0.717, 1.165) is 6.54 Å². The van der Waals surface area contributed by atoms with E-state index in [0.29, 0.717) is 23.5 Å². The molecule has 0 aliphatic carbocycles. The number of ether oxygens (including phenoxy) is 1. The number of hydrogen-bond donors (Lipinski definition) is 2. The van der Waals surface area contributed by atoms with Crippen molar-refractivity contribution in [2.75, 3.05) is 39.6 Å². The van der Waals surface area contributed by atoms with Gasteiger partial charge in [-0.1, -0.05) is 0 Å². The second kappa shape index (κ2) is 7.49. The molecule has 0 unspecified atom stereocenters. The van der Waals surface area contributed by atoms with Crippen molar-refractivity contribution in [1.29, 1.82) is 0 Å². The monoisotopic (exact) mass is 279 g/mol. The lowest BCUT2D eigenvalue weighted by molar-refractivity contribution is -0.114. The molecule has 2 N–H and O–H groups in total. The summed E-state index contributed by atoms with van der Waals surface area (Å²) in [5.41, 5.74) is 0.966. The average molecular weight is 279 g/mol. The molecular weight excluding hydrogens is 258 g/mol. The Labute approximate surface area is 119 Å². The molecule has 110 valence electrons. The first-order chi connectivity index (χ1) is 9.43. The van der Waals surface area contributed by atoms with Gasteiger partial charge in [-0.15, -0.1) is 0 Å². The number of likely N-dealkylation sites (N-methyl/N-ethyl adjacent to an activating group) is 1. The summed E-state index contributed by atoms with van der Waals surface area (Å²) in [6.07, 6.45) is 0. The van der Waals surface area contributed by atoms with Crippen LogP contribution in [-0.2, 0) is 4.79 Å². The summed E-state index contributed by atoms with van der Waals surface area (Å²) in [6.45, 7) is 2.73. The van der Waals surface area contributed by atoms with Gasteiger partial charge in [0.15, 0.2) is 0 Å². The first-order valence-electron chi connectivity index (χ1n) is 6.32. The number of amides is 2. The van der Waals surface area contributed by atoms with Crippen LogP contribution in [0.2, 0.25) is 0 Å². The van der Waals surface area contributed by atoms with Crippen LogP contribution < -0.4 is 15.4 Å². The number of benzene rings is 1. The smallest absolute Gasteiger partial charge is 0.251 e. The largest absolute Gasteiger partial charge is 0.495 e. The van der Waals surface area contributed by atoms with E-state index in [-0.39, 0.29) is 11.8 Å². The quantitative estimate of drug-likeness (QED) is 0.813. The van der Waals surface area contributed by atoms with Gasteiger partial charge in [0.1, 0.15) is 5.75 Å². The van der Waals surface area contributed by atoms with Gasteiger partial charge in [0.25, 0.3) is 5.91 Å². The normalized spacial score (nSPS) is 10.2. The summed E-state index contributed by atoms with van der Waals surface area (Å²) in [4.78, 5) is 25.1. The van der Waals surface area contributed by atoms with Crippen LogP contribution in [-0.4, -0.2) is 51.0 Å². The molecule has 20 heavy (non-hydrogen) atoms. The molecule has 0 atom stereocenters. The van der Waals surface area contributed by atoms with Gasteiger partial charge in [-0.05, 0) is 32.3 Å². The zero-order valence-corrected chi connectivity index (χ0v) is 12.3. The molecule has 0 fully saturated rings. The molecule has 0 aliphatic rings. The van der Waals surface area contributed by atoms with Crippen molar-refractivity contribution in [2.45, 2.75) is 6.92 Å². The second-order valence-electron chi connectivity index (χ2n) is 4.66. The fourth-order valence-electron chi connectivity index (χ4n) is 1.63. The highest BCUT2D eigenvalue weighted by Gasteiger charge is 2.10. The van der Waals surface area contributed by atoms with Crippen molar-refractivity contribution >= 4 is 17.5 Å². The minimum atomic E-state index is -0.214. The molecule has 0 aromatic heterocycles. The zero-order chi connectivity index (χ0) is 15.1. The van der Waals surface area contributed by atoms with Crippen molar-refractivity contribution in [3.8, 4) is 5.75 Å². The molecule has 0 bridgehead atoms. The van der Waals surface area contributed by atoms with Gasteiger partial charge < -0.3 is 20.3 Å².